The molecule has 0 spiro atoms. The van der Waals surface area contributed by atoms with E-state index < -0.39 is 8.07 Å². The molecule has 5 aromatic rings. The summed E-state index contributed by atoms with van der Waals surface area (Å²) >= 11 is 0. The van der Waals surface area contributed by atoms with Gasteiger partial charge in [-0.2, -0.15) is 0 Å². The summed E-state index contributed by atoms with van der Waals surface area (Å²) in [6.45, 7) is 25.3. The second-order valence-electron chi connectivity index (χ2n) is 20.3. The third-order valence-electron chi connectivity index (χ3n) is 13.6. The minimum Gasteiger partial charge on any atom is -0.456 e. The topological polar surface area (TPSA) is 20.3 Å². The summed E-state index contributed by atoms with van der Waals surface area (Å²) in [5.74, 6) is 1.30. The molecular formula is C52H61N2OSi+. The molecule has 0 bridgehead atoms. The van der Waals surface area contributed by atoms with Crippen LogP contribution in [-0.4, -0.2) is 13.0 Å². The van der Waals surface area contributed by atoms with Gasteiger partial charge in [0.1, 0.15) is 11.2 Å². The molecule has 3 aromatic carbocycles. The molecule has 288 valence electrons. The van der Waals surface area contributed by atoms with Gasteiger partial charge >= 0.3 is 0 Å². The van der Waals surface area contributed by atoms with E-state index in [0.717, 1.165) is 37.0 Å². The molecule has 0 radical (unpaired) electrons. The monoisotopic (exact) mass is 757 g/mol. The number of allylic oxidation sites excluding steroid dienone is 6. The van der Waals surface area contributed by atoms with Gasteiger partial charge in [0.25, 0.3) is 0 Å². The van der Waals surface area contributed by atoms with E-state index in [1.807, 2.05) is 0 Å². The Bertz CT molecular complexity index is 2480. The number of hydrogen-bond acceptors (Lipinski definition) is 2. The zero-order valence-corrected chi connectivity index (χ0v) is 36.4. The highest BCUT2D eigenvalue weighted by Gasteiger charge is 2.62. The van der Waals surface area contributed by atoms with Gasteiger partial charge in [-0.1, -0.05) is 140 Å². The van der Waals surface area contributed by atoms with Crippen LogP contribution in [0.5, 0.6) is 0 Å². The molecule has 0 N–H and O–H groups in total. The molecule has 5 atom stereocenters. The standard InChI is InChI=1S/C52H61N2OSi/c1-11-52(33-53-32-46(56(8,9)10)38(27-34(2)3)29-44(53)40-19-15-16-20-43(40)52)49-41-23-22-39-42-28-37(36-17-13-12-14-18-36)21-24-45(42)55-48(39)47(41)51(7)31-35(25-26-54(49)51)30-50(4,5)6/h12-26,28-29,31-32,34,40,43,49H,11,27,30,33H2,1-10H3/q+1. The maximum absolute atomic E-state index is 7.09. The number of pyridine rings is 1. The number of nitrogens with zero attached hydrogens (tertiary/aromatic N) is 2. The van der Waals surface area contributed by atoms with Crippen molar-refractivity contribution in [2.75, 3.05) is 0 Å². The highest BCUT2D eigenvalue weighted by Crippen LogP contribution is 2.64. The average molecular weight is 758 g/mol. The van der Waals surface area contributed by atoms with Gasteiger partial charge in [0, 0.05) is 39.7 Å². The summed E-state index contributed by atoms with van der Waals surface area (Å²) in [5.41, 5.74) is 11.4. The van der Waals surface area contributed by atoms with Crippen molar-refractivity contribution < 1.29 is 8.98 Å². The van der Waals surface area contributed by atoms with Crippen LogP contribution in [0.1, 0.15) is 95.7 Å². The summed E-state index contributed by atoms with van der Waals surface area (Å²) in [7, 11) is -1.63. The van der Waals surface area contributed by atoms with E-state index in [2.05, 4.69) is 193 Å². The van der Waals surface area contributed by atoms with E-state index in [9.17, 15) is 0 Å². The van der Waals surface area contributed by atoms with Crippen LogP contribution in [0.25, 0.3) is 33.1 Å². The fraction of sp³-hybridized carbons (Fsp3) is 0.404. The van der Waals surface area contributed by atoms with Gasteiger partial charge in [-0.3, -0.25) is 0 Å². The minimum atomic E-state index is -1.63. The molecule has 0 saturated heterocycles. The zero-order valence-electron chi connectivity index (χ0n) is 35.4. The van der Waals surface area contributed by atoms with Crippen molar-refractivity contribution in [1.29, 1.82) is 0 Å². The first-order chi connectivity index (χ1) is 26.6. The van der Waals surface area contributed by atoms with Crippen molar-refractivity contribution in [3.8, 4) is 11.1 Å². The van der Waals surface area contributed by atoms with Crippen LogP contribution in [0.15, 0.2) is 126 Å². The molecule has 3 nitrogen and oxygen atoms in total. The van der Waals surface area contributed by atoms with E-state index in [4.69, 9.17) is 4.42 Å². The van der Waals surface area contributed by atoms with Gasteiger partial charge in [0.15, 0.2) is 18.4 Å². The Balaban J connectivity index is 1.28. The number of fused-ring (bicyclic) bond motifs is 10. The highest BCUT2D eigenvalue weighted by molar-refractivity contribution is 6.88. The molecule has 56 heavy (non-hydrogen) atoms. The van der Waals surface area contributed by atoms with Gasteiger partial charge in [-0.05, 0) is 83.6 Å². The first-order valence-corrected chi connectivity index (χ1v) is 24.8. The van der Waals surface area contributed by atoms with Crippen molar-refractivity contribution in [2.24, 2.45) is 22.7 Å². The second-order valence-corrected chi connectivity index (χ2v) is 25.4. The van der Waals surface area contributed by atoms with Crippen LogP contribution in [0.4, 0.5) is 0 Å². The molecule has 1 aliphatic carbocycles. The Hall–Kier alpha value is -4.41. The van der Waals surface area contributed by atoms with E-state index in [1.54, 1.807) is 10.8 Å². The van der Waals surface area contributed by atoms with Crippen molar-refractivity contribution in [3.05, 3.63) is 144 Å². The fourth-order valence-electron chi connectivity index (χ4n) is 11.3. The van der Waals surface area contributed by atoms with Gasteiger partial charge in [0.2, 0.25) is 0 Å². The maximum Gasteiger partial charge on any atom is 0.189 e. The molecule has 5 heterocycles. The zero-order chi connectivity index (χ0) is 39.4. The van der Waals surface area contributed by atoms with Gasteiger partial charge in [-0.15, -0.1) is 0 Å². The van der Waals surface area contributed by atoms with Crippen LogP contribution in [0, 0.1) is 22.7 Å². The largest absolute Gasteiger partial charge is 0.456 e. The number of rotatable bonds is 7. The molecule has 0 amide bonds. The Labute approximate surface area is 336 Å². The Morgan fingerprint density at radius 1 is 0.929 bits per heavy atom. The lowest BCUT2D eigenvalue weighted by Crippen LogP contribution is -2.62. The quantitative estimate of drug-likeness (QED) is 0.122. The lowest BCUT2D eigenvalue weighted by Gasteiger charge is -2.52. The van der Waals surface area contributed by atoms with E-state index in [1.165, 1.54) is 44.3 Å². The molecule has 0 fully saturated rings. The summed E-state index contributed by atoms with van der Waals surface area (Å²) in [4.78, 5) is 2.76. The van der Waals surface area contributed by atoms with Gasteiger partial charge < -0.3 is 9.32 Å². The summed E-state index contributed by atoms with van der Waals surface area (Å²) in [6.07, 6.45) is 23.1. The van der Waals surface area contributed by atoms with Crippen molar-refractivity contribution in [3.63, 3.8) is 0 Å². The Morgan fingerprint density at radius 3 is 2.41 bits per heavy atom. The third kappa shape index (κ3) is 5.84. The molecule has 0 saturated carbocycles. The predicted molar refractivity (Wildman–Crippen MR) is 238 cm³/mol. The summed E-state index contributed by atoms with van der Waals surface area (Å²) < 4.78 is 9.82. The Kier molecular flexibility index (Phi) is 8.67. The smallest absolute Gasteiger partial charge is 0.189 e. The second kappa shape index (κ2) is 13.1. The van der Waals surface area contributed by atoms with Crippen LogP contribution < -0.4 is 9.75 Å². The third-order valence-corrected chi connectivity index (χ3v) is 15.6. The molecule has 2 aromatic heterocycles. The van der Waals surface area contributed by atoms with Crippen molar-refractivity contribution in [1.82, 2.24) is 4.90 Å². The first-order valence-electron chi connectivity index (χ1n) is 21.3. The number of furan rings is 1. The molecular weight excluding hydrogens is 697 g/mol. The van der Waals surface area contributed by atoms with Gasteiger partial charge in [-0.25, -0.2) is 4.57 Å². The molecule has 9 rings (SSSR count). The molecule has 4 aliphatic rings. The van der Waals surface area contributed by atoms with Crippen LogP contribution >= 0.6 is 0 Å². The van der Waals surface area contributed by atoms with Crippen molar-refractivity contribution in [2.45, 2.75) is 111 Å². The van der Waals surface area contributed by atoms with Crippen LogP contribution in [0.3, 0.4) is 0 Å². The minimum absolute atomic E-state index is 0.0771. The van der Waals surface area contributed by atoms with E-state index >= 15 is 0 Å². The van der Waals surface area contributed by atoms with Crippen LogP contribution in [0.2, 0.25) is 19.6 Å². The highest BCUT2D eigenvalue weighted by atomic mass is 28.3. The molecule has 5 unspecified atom stereocenters. The number of aromatic nitrogens is 1. The van der Waals surface area contributed by atoms with Crippen molar-refractivity contribution >= 4 is 35.2 Å². The molecule has 3 aliphatic heterocycles. The SMILES string of the molecule is CCC1(C2c3ccc4c(oc5ccc(-c6ccccc6)cc54)c3C3(C)C=C(CC(C)(C)C)C=CN23)C[n+]2cc([Si](C)(C)C)c(CC(C)C)cc2C2C=CC=CC21. The number of benzene rings is 3. The lowest BCUT2D eigenvalue weighted by molar-refractivity contribution is -0.727. The predicted octanol–water partition coefficient (Wildman–Crippen LogP) is 12.7. The van der Waals surface area contributed by atoms with E-state index in [-0.39, 0.29) is 22.4 Å². The van der Waals surface area contributed by atoms with Crippen LogP contribution in [-0.2, 0) is 18.5 Å². The number of hydrogen-bond donors (Lipinski definition) is 0. The molecule has 4 heteroatoms. The lowest BCUT2D eigenvalue weighted by atomic mass is 9.58. The van der Waals surface area contributed by atoms with E-state index in [0.29, 0.717) is 17.8 Å². The normalized spacial score (nSPS) is 25.4. The average Bonchev–Trinajstić information content (AvgIpc) is 3.65. The maximum atomic E-state index is 7.09. The summed E-state index contributed by atoms with van der Waals surface area (Å²) in [6, 6.07) is 25.1. The first kappa shape index (κ1) is 37.2. The fourth-order valence-corrected chi connectivity index (χ4v) is 13.0. The Morgan fingerprint density at radius 2 is 1.70 bits per heavy atom. The van der Waals surface area contributed by atoms with Gasteiger partial charge in [0.05, 0.1) is 31.0 Å². The summed E-state index contributed by atoms with van der Waals surface area (Å²) in [5, 5.41) is 4.03.